The van der Waals surface area contributed by atoms with Crippen molar-refractivity contribution < 1.29 is 0 Å². The Hall–Kier alpha value is -6.64. The van der Waals surface area contributed by atoms with Crippen LogP contribution in [0.5, 0.6) is 0 Å². The van der Waals surface area contributed by atoms with Crippen molar-refractivity contribution in [2.45, 2.75) is 0 Å². The van der Waals surface area contributed by atoms with E-state index in [0.717, 1.165) is 5.69 Å². The summed E-state index contributed by atoms with van der Waals surface area (Å²) in [5.41, 5.74) is 9.60. The molecule has 0 radical (unpaired) electrons. The molecule has 0 saturated carbocycles. The molecule has 11 rings (SSSR count). The second kappa shape index (κ2) is 10.4. The molecule has 2 nitrogen and oxygen atoms in total. The molecule has 11 aromatic rings. The lowest BCUT2D eigenvalue weighted by Gasteiger charge is -2.13. The Kier molecular flexibility index (Phi) is 5.70. The van der Waals surface area contributed by atoms with Crippen molar-refractivity contribution in [3.05, 3.63) is 182 Å². The fraction of sp³-hybridized carbons (Fsp3) is 0. The summed E-state index contributed by atoms with van der Waals surface area (Å²) in [6, 6.07) is 66.8. The molecular weight excluding hydrogens is 605 g/mol. The molecule has 2 heterocycles. The minimum Gasteiger partial charge on any atom is -0.309 e. The van der Waals surface area contributed by atoms with Gasteiger partial charge in [0.2, 0.25) is 0 Å². The first kappa shape index (κ1) is 27.3. The van der Waals surface area contributed by atoms with E-state index in [9.17, 15) is 0 Å². The van der Waals surface area contributed by atoms with Crippen LogP contribution < -0.4 is 0 Å². The first-order chi connectivity index (χ1) is 24.8. The summed E-state index contributed by atoms with van der Waals surface area (Å²) in [5, 5.41) is 12.8. The monoisotopic (exact) mass is 634 g/mol. The van der Waals surface area contributed by atoms with E-state index in [4.69, 9.17) is 0 Å². The van der Waals surface area contributed by atoms with Crippen LogP contribution in [0.3, 0.4) is 0 Å². The summed E-state index contributed by atoms with van der Waals surface area (Å²) >= 11 is 0. The zero-order chi connectivity index (χ0) is 32.8. The molecule has 2 aromatic heterocycles. The SMILES string of the molecule is c1ccc(-n2c3ccccc3c3cc(-n4c5ccccc5c5ccc(-c6ccc7c8ccccc8c8ccccc8c7c6)cc54)ccc32)cc1. The zero-order valence-electron chi connectivity index (χ0n) is 27.2. The summed E-state index contributed by atoms with van der Waals surface area (Å²) in [6.45, 7) is 0. The molecule has 0 saturated heterocycles. The lowest BCUT2D eigenvalue weighted by Crippen LogP contribution is -1.95. The molecule has 2 heteroatoms. The standard InChI is InChI=1S/C48H30N2/c1-2-12-33(13-3-1)49-46-21-11-9-19-41(46)44-30-34(24-27-47(44)49)50-45-20-10-8-18-40(45)42-26-23-32(29-48(42)50)31-22-25-39-37-16-5-4-14-35(37)36-15-6-7-17-38(36)43(39)28-31/h1-30H. The highest BCUT2D eigenvalue weighted by Crippen LogP contribution is 2.40. The Morgan fingerprint density at radius 2 is 0.660 bits per heavy atom. The fourth-order valence-corrected chi connectivity index (χ4v) is 8.47. The van der Waals surface area contributed by atoms with E-state index in [1.54, 1.807) is 0 Å². The number of benzene rings is 9. The van der Waals surface area contributed by atoms with E-state index in [2.05, 4.69) is 191 Å². The third-order valence-electron chi connectivity index (χ3n) is 10.7. The minimum atomic E-state index is 1.16. The van der Waals surface area contributed by atoms with Crippen molar-refractivity contribution in [1.82, 2.24) is 9.13 Å². The van der Waals surface area contributed by atoms with Gasteiger partial charge in [-0.2, -0.15) is 0 Å². The molecule has 0 spiro atoms. The summed E-state index contributed by atoms with van der Waals surface area (Å²) in [5.74, 6) is 0. The number of hydrogen-bond donors (Lipinski definition) is 0. The van der Waals surface area contributed by atoms with Crippen molar-refractivity contribution in [3.8, 4) is 22.5 Å². The van der Waals surface area contributed by atoms with Gasteiger partial charge >= 0.3 is 0 Å². The summed E-state index contributed by atoms with van der Waals surface area (Å²) in [6.07, 6.45) is 0. The van der Waals surface area contributed by atoms with Crippen molar-refractivity contribution in [2.75, 3.05) is 0 Å². The molecule has 0 atom stereocenters. The molecule has 0 amide bonds. The van der Waals surface area contributed by atoms with Crippen LogP contribution in [-0.2, 0) is 0 Å². The topological polar surface area (TPSA) is 9.86 Å². The van der Waals surface area contributed by atoms with E-state index in [1.807, 2.05) is 0 Å². The predicted molar refractivity (Wildman–Crippen MR) is 213 cm³/mol. The van der Waals surface area contributed by atoms with Gasteiger partial charge in [0.1, 0.15) is 0 Å². The number of para-hydroxylation sites is 3. The maximum atomic E-state index is 2.45. The summed E-state index contributed by atoms with van der Waals surface area (Å²) < 4.78 is 4.83. The first-order valence-electron chi connectivity index (χ1n) is 17.3. The zero-order valence-corrected chi connectivity index (χ0v) is 27.2. The summed E-state index contributed by atoms with van der Waals surface area (Å²) in [4.78, 5) is 0. The Balaban J connectivity index is 1.16. The van der Waals surface area contributed by atoms with Crippen LogP contribution in [0.2, 0.25) is 0 Å². The van der Waals surface area contributed by atoms with Crippen LogP contribution in [-0.4, -0.2) is 9.13 Å². The average Bonchev–Trinajstić information content (AvgIpc) is 3.70. The van der Waals surface area contributed by atoms with Crippen LogP contribution in [0.15, 0.2) is 182 Å². The van der Waals surface area contributed by atoms with Gasteiger partial charge in [-0.1, -0.05) is 127 Å². The van der Waals surface area contributed by atoms with Gasteiger partial charge in [0.15, 0.2) is 0 Å². The largest absolute Gasteiger partial charge is 0.309 e. The van der Waals surface area contributed by atoms with Crippen LogP contribution in [0.25, 0.3) is 98.4 Å². The Labute approximate surface area is 288 Å². The minimum absolute atomic E-state index is 1.16. The van der Waals surface area contributed by atoms with Crippen molar-refractivity contribution in [1.29, 1.82) is 0 Å². The number of rotatable bonds is 3. The van der Waals surface area contributed by atoms with E-state index in [-0.39, 0.29) is 0 Å². The van der Waals surface area contributed by atoms with Gasteiger partial charge < -0.3 is 9.13 Å². The highest BCUT2D eigenvalue weighted by atomic mass is 15.0. The van der Waals surface area contributed by atoms with E-state index >= 15 is 0 Å². The maximum absolute atomic E-state index is 2.45. The smallest absolute Gasteiger partial charge is 0.0547 e. The highest BCUT2D eigenvalue weighted by molar-refractivity contribution is 6.26. The van der Waals surface area contributed by atoms with Crippen molar-refractivity contribution in [2.24, 2.45) is 0 Å². The lowest BCUT2D eigenvalue weighted by atomic mass is 9.92. The normalized spacial score (nSPS) is 12.0. The van der Waals surface area contributed by atoms with Crippen LogP contribution in [0.4, 0.5) is 0 Å². The van der Waals surface area contributed by atoms with Gasteiger partial charge in [-0.3, -0.25) is 0 Å². The third-order valence-corrected chi connectivity index (χ3v) is 10.7. The molecule has 0 bridgehead atoms. The van der Waals surface area contributed by atoms with E-state index < -0.39 is 0 Å². The van der Waals surface area contributed by atoms with Gasteiger partial charge in [-0.05, 0) is 98.0 Å². The molecule has 0 aliphatic rings. The van der Waals surface area contributed by atoms with Gasteiger partial charge in [0, 0.05) is 32.9 Å². The molecular formula is C48H30N2. The fourth-order valence-electron chi connectivity index (χ4n) is 8.47. The molecule has 0 fully saturated rings. The molecule has 9 aromatic carbocycles. The number of aromatic nitrogens is 2. The molecule has 0 unspecified atom stereocenters. The van der Waals surface area contributed by atoms with Gasteiger partial charge in [-0.25, -0.2) is 0 Å². The molecule has 50 heavy (non-hydrogen) atoms. The van der Waals surface area contributed by atoms with Crippen molar-refractivity contribution in [3.63, 3.8) is 0 Å². The Bertz CT molecular complexity index is 3110. The van der Waals surface area contributed by atoms with Gasteiger partial charge in [0.05, 0.1) is 22.1 Å². The van der Waals surface area contributed by atoms with Gasteiger partial charge in [-0.15, -0.1) is 0 Å². The molecule has 232 valence electrons. The third kappa shape index (κ3) is 3.85. The second-order valence-electron chi connectivity index (χ2n) is 13.3. The number of fused-ring (bicyclic) bond motifs is 12. The number of hydrogen-bond acceptors (Lipinski definition) is 0. The lowest BCUT2D eigenvalue weighted by molar-refractivity contribution is 1.17. The Morgan fingerprint density at radius 1 is 0.220 bits per heavy atom. The molecule has 0 aliphatic heterocycles. The van der Waals surface area contributed by atoms with Crippen LogP contribution in [0.1, 0.15) is 0 Å². The van der Waals surface area contributed by atoms with Gasteiger partial charge in [0.25, 0.3) is 0 Å². The maximum Gasteiger partial charge on any atom is 0.0547 e. The first-order valence-corrected chi connectivity index (χ1v) is 17.3. The van der Waals surface area contributed by atoms with Crippen LogP contribution in [0, 0.1) is 0 Å². The quantitative estimate of drug-likeness (QED) is 0.171. The predicted octanol–water partition coefficient (Wildman–Crippen LogP) is 13.0. The highest BCUT2D eigenvalue weighted by Gasteiger charge is 2.17. The van der Waals surface area contributed by atoms with E-state index in [0.29, 0.717) is 0 Å². The molecule has 0 N–H and O–H groups in total. The number of nitrogens with zero attached hydrogens (tertiary/aromatic N) is 2. The Morgan fingerprint density at radius 3 is 1.32 bits per heavy atom. The summed E-state index contributed by atoms with van der Waals surface area (Å²) in [7, 11) is 0. The second-order valence-corrected chi connectivity index (χ2v) is 13.3. The van der Waals surface area contributed by atoms with E-state index in [1.165, 1.54) is 92.7 Å². The van der Waals surface area contributed by atoms with Crippen LogP contribution >= 0.6 is 0 Å². The van der Waals surface area contributed by atoms with Crippen molar-refractivity contribution >= 4 is 75.9 Å². The average molecular weight is 635 g/mol. The molecule has 0 aliphatic carbocycles.